The van der Waals surface area contributed by atoms with Crippen LogP contribution in [0, 0.1) is 0 Å². The monoisotopic (exact) mass is 172 g/mol. The number of hydrogen-bond acceptors (Lipinski definition) is 2. The maximum atomic E-state index is 5.49. The second-order valence-electron chi connectivity index (χ2n) is 3.09. The van der Waals surface area contributed by atoms with Crippen molar-refractivity contribution in [2.45, 2.75) is 45.3 Å². The molecule has 0 N–H and O–H groups in total. The summed E-state index contributed by atoms with van der Waals surface area (Å²) in [6, 6.07) is 0. The molecule has 2 nitrogen and oxygen atoms in total. The second kappa shape index (κ2) is 7.17. The molecular formula is C10H20O2. The highest BCUT2D eigenvalue weighted by molar-refractivity contribution is 4.63. The summed E-state index contributed by atoms with van der Waals surface area (Å²) < 4.78 is 9.79. The Morgan fingerprint density at radius 2 is 1.75 bits per heavy atom. The van der Waals surface area contributed by atoms with Gasteiger partial charge in [0.05, 0.1) is 25.6 Å². The van der Waals surface area contributed by atoms with E-state index >= 15 is 0 Å². The minimum absolute atomic E-state index is 0.513. The number of ether oxygens (including phenoxy) is 2. The predicted octanol–water partition coefficient (Wildman–Crippen LogP) is 2.74. The zero-order valence-electron chi connectivity index (χ0n) is 8.38. The average Bonchev–Trinajstić information content (AvgIpc) is 2.04. The minimum Gasteiger partial charge on any atom is -0.505 e. The predicted molar refractivity (Wildman–Crippen MR) is 51.1 cm³/mol. The summed E-state index contributed by atoms with van der Waals surface area (Å²) in [6.45, 7) is 7.55. The van der Waals surface area contributed by atoms with Gasteiger partial charge in [0.1, 0.15) is 0 Å². The summed E-state index contributed by atoms with van der Waals surface area (Å²) in [5.41, 5.74) is 0. The molecule has 1 rings (SSSR count). The van der Waals surface area contributed by atoms with Gasteiger partial charge in [0, 0.05) is 0 Å². The quantitative estimate of drug-likeness (QED) is 0.566. The standard InChI is InChI=1S/C7H14O.C3H6O/c1-6-4-3-5-7(2)8-6;1-3-4-2/h6-7H,3-5H2,1-2H3;3H,1H2,2H3. The van der Waals surface area contributed by atoms with Gasteiger partial charge in [0.25, 0.3) is 0 Å². The van der Waals surface area contributed by atoms with Crippen LogP contribution in [0.15, 0.2) is 12.8 Å². The van der Waals surface area contributed by atoms with Gasteiger partial charge in [-0.15, -0.1) is 0 Å². The molecule has 0 bridgehead atoms. The van der Waals surface area contributed by atoms with Crippen LogP contribution in [0.25, 0.3) is 0 Å². The topological polar surface area (TPSA) is 18.5 Å². The van der Waals surface area contributed by atoms with Gasteiger partial charge in [0.15, 0.2) is 0 Å². The Labute approximate surface area is 75.6 Å². The lowest BCUT2D eigenvalue weighted by molar-refractivity contribution is -0.0292. The Morgan fingerprint density at radius 1 is 1.33 bits per heavy atom. The van der Waals surface area contributed by atoms with Crippen LogP contribution in [0.5, 0.6) is 0 Å². The van der Waals surface area contributed by atoms with Gasteiger partial charge in [-0.3, -0.25) is 0 Å². The maximum Gasteiger partial charge on any atom is 0.0766 e. The van der Waals surface area contributed by atoms with Crippen molar-refractivity contribution in [1.82, 2.24) is 0 Å². The molecule has 0 aliphatic carbocycles. The Bertz CT molecular complexity index is 104. The first-order valence-electron chi connectivity index (χ1n) is 4.49. The molecule has 1 aliphatic heterocycles. The molecule has 0 amide bonds. The van der Waals surface area contributed by atoms with Crippen LogP contribution in [0.4, 0.5) is 0 Å². The molecule has 1 aliphatic rings. The summed E-state index contributed by atoms with van der Waals surface area (Å²) in [5.74, 6) is 0. The van der Waals surface area contributed by atoms with Gasteiger partial charge in [-0.1, -0.05) is 6.58 Å². The van der Waals surface area contributed by atoms with Crippen LogP contribution in [-0.4, -0.2) is 19.3 Å². The van der Waals surface area contributed by atoms with Crippen LogP contribution >= 0.6 is 0 Å². The highest BCUT2D eigenvalue weighted by Crippen LogP contribution is 2.17. The highest BCUT2D eigenvalue weighted by atomic mass is 16.5. The van der Waals surface area contributed by atoms with E-state index in [1.165, 1.54) is 25.5 Å². The van der Waals surface area contributed by atoms with E-state index in [2.05, 4.69) is 25.2 Å². The fourth-order valence-corrected chi connectivity index (χ4v) is 1.23. The van der Waals surface area contributed by atoms with Crippen LogP contribution in [0.2, 0.25) is 0 Å². The molecule has 2 unspecified atom stereocenters. The van der Waals surface area contributed by atoms with Crippen molar-refractivity contribution in [3.05, 3.63) is 12.8 Å². The molecular weight excluding hydrogens is 152 g/mol. The fourth-order valence-electron chi connectivity index (χ4n) is 1.23. The van der Waals surface area contributed by atoms with Crippen LogP contribution < -0.4 is 0 Å². The molecule has 1 saturated heterocycles. The van der Waals surface area contributed by atoms with Crippen molar-refractivity contribution >= 4 is 0 Å². The van der Waals surface area contributed by atoms with Crippen LogP contribution in [0.3, 0.4) is 0 Å². The molecule has 2 atom stereocenters. The van der Waals surface area contributed by atoms with Gasteiger partial charge in [-0.2, -0.15) is 0 Å². The molecule has 0 saturated carbocycles. The van der Waals surface area contributed by atoms with E-state index < -0.39 is 0 Å². The van der Waals surface area contributed by atoms with E-state index in [4.69, 9.17) is 4.74 Å². The number of hydrogen-bond donors (Lipinski definition) is 0. The SMILES string of the molecule is C=COC.CC1CCCC(C)O1. The van der Waals surface area contributed by atoms with E-state index in [0.717, 1.165) is 0 Å². The van der Waals surface area contributed by atoms with Gasteiger partial charge in [-0.25, -0.2) is 0 Å². The van der Waals surface area contributed by atoms with E-state index in [9.17, 15) is 0 Å². The highest BCUT2D eigenvalue weighted by Gasteiger charge is 2.13. The van der Waals surface area contributed by atoms with E-state index in [1.54, 1.807) is 7.11 Å². The Balaban J connectivity index is 0.000000261. The zero-order chi connectivity index (χ0) is 9.40. The first-order valence-corrected chi connectivity index (χ1v) is 4.49. The molecule has 2 heteroatoms. The van der Waals surface area contributed by atoms with Gasteiger partial charge in [0.2, 0.25) is 0 Å². The fraction of sp³-hybridized carbons (Fsp3) is 0.800. The first kappa shape index (κ1) is 11.5. The second-order valence-corrected chi connectivity index (χ2v) is 3.09. The Kier molecular flexibility index (Phi) is 6.87. The Morgan fingerprint density at radius 3 is 1.92 bits per heavy atom. The van der Waals surface area contributed by atoms with E-state index in [1.807, 2.05) is 0 Å². The molecule has 72 valence electrons. The largest absolute Gasteiger partial charge is 0.505 e. The third-order valence-corrected chi connectivity index (χ3v) is 1.85. The minimum atomic E-state index is 0.513. The van der Waals surface area contributed by atoms with Crippen molar-refractivity contribution in [2.75, 3.05) is 7.11 Å². The van der Waals surface area contributed by atoms with E-state index in [0.29, 0.717) is 12.2 Å². The summed E-state index contributed by atoms with van der Waals surface area (Å²) >= 11 is 0. The summed E-state index contributed by atoms with van der Waals surface area (Å²) in [7, 11) is 1.56. The third kappa shape index (κ3) is 6.23. The molecule has 0 spiro atoms. The van der Waals surface area contributed by atoms with E-state index in [-0.39, 0.29) is 0 Å². The van der Waals surface area contributed by atoms with Crippen LogP contribution in [-0.2, 0) is 9.47 Å². The normalized spacial score (nSPS) is 28.2. The van der Waals surface area contributed by atoms with Crippen molar-refractivity contribution in [1.29, 1.82) is 0 Å². The third-order valence-electron chi connectivity index (χ3n) is 1.85. The van der Waals surface area contributed by atoms with Crippen molar-refractivity contribution in [3.8, 4) is 0 Å². The van der Waals surface area contributed by atoms with Crippen molar-refractivity contribution in [2.24, 2.45) is 0 Å². The molecule has 12 heavy (non-hydrogen) atoms. The molecule has 1 heterocycles. The maximum absolute atomic E-state index is 5.49. The summed E-state index contributed by atoms with van der Waals surface area (Å²) in [4.78, 5) is 0. The van der Waals surface area contributed by atoms with Crippen LogP contribution in [0.1, 0.15) is 33.1 Å². The molecule has 1 fully saturated rings. The van der Waals surface area contributed by atoms with Gasteiger partial charge >= 0.3 is 0 Å². The Hall–Kier alpha value is -0.500. The zero-order valence-corrected chi connectivity index (χ0v) is 8.38. The van der Waals surface area contributed by atoms with Crippen molar-refractivity contribution < 1.29 is 9.47 Å². The first-order chi connectivity index (χ1) is 5.70. The lowest BCUT2D eigenvalue weighted by atomic mass is 10.1. The number of methoxy groups -OCH3 is 1. The molecule has 0 aromatic rings. The van der Waals surface area contributed by atoms with Gasteiger partial charge in [-0.05, 0) is 33.1 Å². The summed E-state index contributed by atoms with van der Waals surface area (Å²) in [6.07, 6.45) is 6.26. The molecule has 0 aromatic heterocycles. The lowest BCUT2D eigenvalue weighted by Crippen LogP contribution is -2.22. The molecule has 0 aromatic carbocycles. The average molecular weight is 172 g/mol. The van der Waals surface area contributed by atoms with Crippen molar-refractivity contribution in [3.63, 3.8) is 0 Å². The summed E-state index contributed by atoms with van der Waals surface area (Å²) in [5, 5.41) is 0. The lowest BCUT2D eigenvalue weighted by Gasteiger charge is -2.24. The smallest absolute Gasteiger partial charge is 0.0766 e. The van der Waals surface area contributed by atoms with Gasteiger partial charge < -0.3 is 9.47 Å². The molecule has 0 radical (unpaired) electrons. The number of rotatable bonds is 1.